The van der Waals surface area contributed by atoms with Crippen LogP contribution in [0.25, 0.3) is 11.0 Å². The van der Waals surface area contributed by atoms with Crippen LogP contribution in [0.1, 0.15) is 23.1 Å². The summed E-state index contributed by atoms with van der Waals surface area (Å²) in [4.78, 5) is 24.0. The van der Waals surface area contributed by atoms with Gasteiger partial charge in [0, 0.05) is 13.0 Å². The number of halogens is 6. The molecule has 2 rings (SSSR count). The van der Waals surface area contributed by atoms with E-state index in [4.69, 9.17) is 0 Å². The molecule has 124 valence electrons. The highest BCUT2D eigenvalue weighted by Crippen LogP contribution is 2.39. The van der Waals surface area contributed by atoms with Crippen molar-refractivity contribution in [3.8, 4) is 0 Å². The van der Waals surface area contributed by atoms with Crippen molar-refractivity contribution in [3.63, 3.8) is 0 Å². The van der Waals surface area contributed by atoms with Crippen molar-refractivity contribution in [2.24, 2.45) is 0 Å². The van der Waals surface area contributed by atoms with Gasteiger partial charge in [-0.15, -0.1) is 0 Å². The first-order chi connectivity index (χ1) is 10.3. The molecule has 6 nitrogen and oxygen atoms in total. The fourth-order valence-electron chi connectivity index (χ4n) is 1.99. The molecule has 0 aliphatic rings. The predicted octanol–water partition coefficient (Wildman–Crippen LogP) is 3.64. The fourth-order valence-corrected chi connectivity index (χ4v) is 1.99. The summed E-state index contributed by atoms with van der Waals surface area (Å²) in [5, 5.41) is 10.9. The van der Waals surface area contributed by atoms with E-state index >= 15 is 0 Å². The van der Waals surface area contributed by atoms with Crippen LogP contribution >= 0.6 is 0 Å². The summed E-state index contributed by atoms with van der Waals surface area (Å²) in [6.45, 7) is 0.678. The molecule has 23 heavy (non-hydrogen) atoms. The highest BCUT2D eigenvalue weighted by molar-refractivity contribution is 5.95. The Morgan fingerprint density at radius 1 is 1.17 bits per heavy atom. The van der Waals surface area contributed by atoms with Crippen molar-refractivity contribution in [1.29, 1.82) is 0 Å². The van der Waals surface area contributed by atoms with E-state index in [2.05, 4.69) is 4.98 Å². The van der Waals surface area contributed by atoms with Crippen LogP contribution in [0, 0.1) is 10.1 Å². The van der Waals surface area contributed by atoms with Gasteiger partial charge < -0.3 is 0 Å². The molecule has 0 unspecified atom stereocenters. The quantitative estimate of drug-likeness (QED) is 0.451. The SMILES string of the molecule is CC(=O)n1c(C(F)(F)F)nc2cc(C(F)(F)F)cc([N+](=O)[O-])c21. The fraction of sp³-hybridized carbons (Fsp3) is 0.273. The summed E-state index contributed by atoms with van der Waals surface area (Å²) < 4.78 is 76.7. The summed E-state index contributed by atoms with van der Waals surface area (Å²) in [5.74, 6) is -3.11. The average molecular weight is 341 g/mol. The molecule has 1 aromatic heterocycles. The second-order valence-electron chi connectivity index (χ2n) is 4.41. The Morgan fingerprint density at radius 2 is 1.74 bits per heavy atom. The summed E-state index contributed by atoms with van der Waals surface area (Å²) >= 11 is 0. The zero-order valence-corrected chi connectivity index (χ0v) is 11.0. The highest BCUT2D eigenvalue weighted by Gasteiger charge is 2.42. The largest absolute Gasteiger partial charge is 0.450 e. The van der Waals surface area contributed by atoms with E-state index in [1.807, 2.05) is 0 Å². The van der Waals surface area contributed by atoms with E-state index in [0.29, 0.717) is 6.92 Å². The number of aromatic nitrogens is 2. The third-order valence-corrected chi connectivity index (χ3v) is 2.82. The third kappa shape index (κ3) is 2.83. The standard InChI is InChI=1S/C11H5F6N3O3/c1-4(21)19-8-6(18-9(19)11(15,16)17)2-5(10(12,13)14)3-7(8)20(22)23/h2-3H,1H3. The Labute approximate surface area is 122 Å². The maximum Gasteiger partial charge on any atom is 0.450 e. The normalized spacial score (nSPS) is 12.7. The Kier molecular flexibility index (Phi) is 3.58. The number of alkyl halides is 6. The summed E-state index contributed by atoms with van der Waals surface area (Å²) in [6.07, 6.45) is -10.2. The molecule has 0 amide bonds. The lowest BCUT2D eigenvalue weighted by Crippen LogP contribution is -2.19. The number of benzene rings is 1. The zero-order chi connectivity index (χ0) is 17.7. The number of fused-ring (bicyclic) bond motifs is 1. The maximum absolute atomic E-state index is 12.9. The van der Waals surface area contributed by atoms with Crippen LogP contribution in [0.15, 0.2) is 12.1 Å². The second-order valence-corrected chi connectivity index (χ2v) is 4.41. The second kappa shape index (κ2) is 4.93. The summed E-state index contributed by atoms with van der Waals surface area (Å²) in [6, 6.07) is 0.278. The lowest BCUT2D eigenvalue weighted by molar-refractivity contribution is -0.383. The first-order valence-corrected chi connectivity index (χ1v) is 5.70. The van der Waals surface area contributed by atoms with Crippen molar-refractivity contribution in [2.75, 3.05) is 0 Å². The molecular weight excluding hydrogens is 336 g/mol. The van der Waals surface area contributed by atoms with Gasteiger partial charge in [0.1, 0.15) is 0 Å². The number of imidazole rings is 1. The third-order valence-electron chi connectivity index (χ3n) is 2.82. The van der Waals surface area contributed by atoms with Gasteiger partial charge in [0.2, 0.25) is 11.7 Å². The molecule has 0 bridgehead atoms. The maximum atomic E-state index is 12.9. The molecule has 1 heterocycles. The topological polar surface area (TPSA) is 78.0 Å². The number of hydrogen-bond donors (Lipinski definition) is 0. The summed E-state index contributed by atoms with van der Waals surface area (Å²) in [5.41, 5.74) is -4.73. The van der Waals surface area contributed by atoms with Gasteiger partial charge in [-0.25, -0.2) is 4.98 Å². The van der Waals surface area contributed by atoms with Crippen molar-refractivity contribution >= 4 is 22.6 Å². The Bertz CT molecular complexity index is 821. The molecule has 0 aliphatic carbocycles. The minimum absolute atomic E-state index is 0.0591. The van der Waals surface area contributed by atoms with Crippen LogP contribution in [0.3, 0.4) is 0 Å². The van der Waals surface area contributed by atoms with Gasteiger partial charge in [-0.05, 0) is 6.07 Å². The van der Waals surface area contributed by atoms with Crippen molar-refractivity contribution in [3.05, 3.63) is 33.6 Å². The first kappa shape index (κ1) is 16.7. The van der Waals surface area contributed by atoms with Crippen LogP contribution in [-0.2, 0) is 12.4 Å². The minimum atomic E-state index is -5.18. The number of non-ortho nitro benzene ring substituents is 1. The molecule has 0 saturated heterocycles. The number of nitrogens with zero attached hydrogens (tertiary/aromatic N) is 3. The van der Waals surface area contributed by atoms with Crippen LogP contribution < -0.4 is 0 Å². The Balaban J connectivity index is 3.01. The van der Waals surface area contributed by atoms with E-state index in [-0.39, 0.29) is 16.7 Å². The van der Waals surface area contributed by atoms with Gasteiger partial charge in [-0.2, -0.15) is 26.3 Å². The van der Waals surface area contributed by atoms with Gasteiger partial charge in [0.05, 0.1) is 16.0 Å². The molecule has 0 radical (unpaired) electrons. The summed E-state index contributed by atoms with van der Waals surface area (Å²) in [7, 11) is 0. The molecule has 0 atom stereocenters. The molecule has 0 aliphatic heterocycles. The first-order valence-electron chi connectivity index (χ1n) is 5.70. The molecule has 2 aromatic rings. The van der Waals surface area contributed by atoms with Crippen molar-refractivity contribution in [2.45, 2.75) is 19.3 Å². The number of nitro groups is 1. The van der Waals surface area contributed by atoms with Gasteiger partial charge in [-0.3, -0.25) is 19.5 Å². The van der Waals surface area contributed by atoms with Gasteiger partial charge in [0.25, 0.3) is 5.69 Å². The zero-order valence-electron chi connectivity index (χ0n) is 11.0. The number of nitro benzene ring substituents is 1. The van der Waals surface area contributed by atoms with Crippen molar-refractivity contribution < 1.29 is 36.1 Å². The minimum Gasteiger partial charge on any atom is -0.274 e. The van der Waals surface area contributed by atoms with Crippen molar-refractivity contribution in [1.82, 2.24) is 9.55 Å². The molecule has 1 aromatic carbocycles. The average Bonchev–Trinajstić information content (AvgIpc) is 2.75. The lowest BCUT2D eigenvalue weighted by atomic mass is 10.1. The molecule has 12 heteroatoms. The number of carbonyl (C=O) groups is 1. The monoisotopic (exact) mass is 341 g/mol. The van der Waals surface area contributed by atoms with E-state index in [0.717, 1.165) is 0 Å². The highest BCUT2D eigenvalue weighted by atomic mass is 19.4. The molecular formula is C11H5F6N3O3. The lowest BCUT2D eigenvalue weighted by Gasteiger charge is -2.08. The molecule has 0 saturated carbocycles. The Hall–Kier alpha value is -2.66. The molecule has 0 fully saturated rings. The Morgan fingerprint density at radius 3 is 2.13 bits per heavy atom. The van der Waals surface area contributed by atoms with E-state index in [9.17, 15) is 41.3 Å². The molecule has 0 spiro atoms. The number of rotatable bonds is 1. The van der Waals surface area contributed by atoms with Gasteiger partial charge in [-0.1, -0.05) is 0 Å². The van der Waals surface area contributed by atoms with Crippen LogP contribution in [0.4, 0.5) is 32.0 Å². The van der Waals surface area contributed by atoms with Gasteiger partial charge in [0.15, 0.2) is 5.52 Å². The number of hydrogen-bond acceptors (Lipinski definition) is 4. The van der Waals surface area contributed by atoms with Crippen LogP contribution in [0.5, 0.6) is 0 Å². The van der Waals surface area contributed by atoms with Crippen LogP contribution in [-0.4, -0.2) is 20.4 Å². The molecule has 0 N–H and O–H groups in total. The smallest absolute Gasteiger partial charge is 0.274 e. The van der Waals surface area contributed by atoms with E-state index in [1.165, 1.54) is 0 Å². The van der Waals surface area contributed by atoms with Gasteiger partial charge >= 0.3 is 12.4 Å². The van der Waals surface area contributed by atoms with Crippen LogP contribution in [0.2, 0.25) is 0 Å². The number of carbonyl (C=O) groups excluding carboxylic acids is 1. The van der Waals surface area contributed by atoms with E-state index in [1.54, 1.807) is 0 Å². The predicted molar refractivity (Wildman–Crippen MR) is 62.7 cm³/mol. The van der Waals surface area contributed by atoms with E-state index < -0.39 is 51.3 Å².